The molecule has 0 saturated heterocycles. The molecule has 1 unspecified atom stereocenters. The van der Waals surface area contributed by atoms with E-state index in [1.165, 1.54) is 6.92 Å². The van der Waals surface area contributed by atoms with Crippen molar-refractivity contribution in [2.24, 2.45) is 5.92 Å². The van der Waals surface area contributed by atoms with E-state index in [1.807, 2.05) is 0 Å². The molecule has 0 fully saturated rings. The molecule has 0 radical (unpaired) electrons. The lowest BCUT2D eigenvalue weighted by atomic mass is 10.1. The lowest BCUT2D eigenvalue weighted by molar-refractivity contribution is -0.168. The van der Waals surface area contributed by atoms with E-state index in [9.17, 15) is 13.2 Å². The number of halogens is 3. The summed E-state index contributed by atoms with van der Waals surface area (Å²) in [6.07, 6.45) is -1.04. The van der Waals surface area contributed by atoms with Crippen molar-refractivity contribution in [1.29, 1.82) is 0 Å². The van der Waals surface area contributed by atoms with Crippen LogP contribution in [0.2, 0.25) is 0 Å². The lowest BCUT2D eigenvalue weighted by Crippen LogP contribution is -2.19. The van der Waals surface area contributed by atoms with Crippen molar-refractivity contribution >= 4 is 0 Å². The lowest BCUT2D eigenvalue weighted by Gasteiger charge is -2.16. The zero-order valence-corrected chi connectivity index (χ0v) is 8.73. The van der Waals surface area contributed by atoms with Crippen molar-refractivity contribution < 1.29 is 13.2 Å². The molecular formula is C10H16F3N. The van der Waals surface area contributed by atoms with Gasteiger partial charge in [-0.2, -0.15) is 13.2 Å². The number of hydrogen-bond donors (Lipinski definition) is 0. The topological polar surface area (TPSA) is 3.24 Å². The van der Waals surface area contributed by atoms with E-state index in [-0.39, 0.29) is 6.42 Å². The first kappa shape index (κ1) is 13.1. The van der Waals surface area contributed by atoms with Crippen LogP contribution in [-0.2, 0) is 0 Å². The summed E-state index contributed by atoms with van der Waals surface area (Å²) < 4.78 is 36.4. The van der Waals surface area contributed by atoms with E-state index >= 15 is 0 Å². The van der Waals surface area contributed by atoms with Crippen LogP contribution in [0, 0.1) is 5.92 Å². The van der Waals surface area contributed by atoms with Crippen molar-refractivity contribution in [1.82, 2.24) is 4.90 Å². The Morgan fingerprint density at radius 2 is 1.93 bits per heavy atom. The molecule has 0 aromatic heterocycles. The summed E-state index contributed by atoms with van der Waals surface area (Å²) in [5.41, 5.74) is 0.709. The van der Waals surface area contributed by atoms with Gasteiger partial charge in [-0.1, -0.05) is 19.6 Å². The van der Waals surface area contributed by atoms with Crippen molar-refractivity contribution in [3.8, 4) is 0 Å². The number of rotatable bonds is 4. The average molecular weight is 207 g/mol. The third-order valence-corrected chi connectivity index (χ3v) is 1.96. The molecule has 0 bridgehead atoms. The normalized spacial score (nSPS) is 15.1. The molecule has 0 heterocycles. The van der Waals surface area contributed by atoms with Crippen LogP contribution in [0.25, 0.3) is 0 Å². The predicted molar refractivity (Wildman–Crippen MR) is 51.8 cm³/mol. The summed E-state index contributed by atoms with van der Waals surface area (Å²) in [4.78, 5) is 1.73. The van der Waals surface area contributed by atoms with Crippen LogP contribution >= 0.6 is 0 Å². The molecule has 82 valence electrons. The zero-order chi connectivity index (χ0) is 11.4. The van der Waals surface area contributed by atoms with Crippen molar-refractivity contribution in [2.45, 2.75) is 19.5 Å². The Labute approximate surface area is 82.9 Å². The molecule has 14 heavy (non-hydrogen) atoms. The summed E-state index contributed by atoms with van der Waals surface area (Å²) >= 11 is 0. The van der Waals surface area contributed by atoms with E-state index in [0.717, 1.165) is 0 Å². The third-order valence-electron chi connectivity index (χ3n) is 1.96. The summed E-state index contributed by atoms with van der Waals surface area (Å²) in [7, 11) is 3.54. The molecule has 4 heteroatoms. The Balaban J connectivity index is 4.33. The first-order valence-electron chi connectivity index (χ1n) is 4.35. The highest BCUT2D eigenvalue weighted by Crippen LogP contribution is 2.28. The number of hydrogen-bond acceptors (Lipinski definition) is 1. The molecule has 0 amide bonds. The van der Waals surface area contributed by atoms with E-state index < -0.39 is 12.1 Å². The van der Waals surface area contributed by atoms with E-state index in [2.05, 4.69) is 6.58 Å². The highest BCUT2D eigenvalue weighted by Gasteiger charge is 2.34. The van der Waals surface area contributed by atoms with Gasteiger partial charge in [0.15, 0.2) is 0 Å². The molecule has 0 saturated carbocycles. The monoisotopic (exact) mass is 207 g/mol. The van der Waals surface area contributed by atoms with Crippen LogP contribution in [-0.4, -0.2) is 25.2 Å². The Morgan fingerprint density at radius 1 is 1.43 bits per heavy atom. The first-order chi connectivity index (χ1) is 6.29. The SMILES string of the molecule is C=C/C(=C\CC(C)C(F)(F)F)N(C)C. The van der Waals surface area contributed by atoms with Gasteiger partial charge in [-0.25, -0.2) is 0 Å². The van der Waals surface area contributed by atoms with E-state index in [1.54, 1.807) is 31.1 Å². The van der Waals surface area contributed by atoms with Crippen molar-refractivity contribution in [2.75, 3.05) is 14.1 Å². The minimum absolute atomic E-state index is 0.0109. The van der Waals surface area contributed by atoms with Gasteiger partial charge in [0, 0.05) is 19.8 Å². The minimum Gasteiger partial charge on any atom is -0.378 e. The third kappa shape index (κ3) is 4.35. The predicted octanol–water partition coefficient (Wildman–Crippen LogP) is 3.21. The molecule has 0 aliphatic heterocycles. The highest BCUT2D eigenvalue weighted by atomic mass is 19.4. The van der Waals surface area contributed by atoms with Crippen molar-refractivity contribution in [3.63, 3.8) is 0 Å². The van der Waals surface area contributed by atoms with Gasteiger partial charge in [0.1, 0.15) is 0 Å². The fraction of sp³-hybridized carbons (Fsp3) is 0.600. The molecule has 0 aromatic carbocycles. The fourth-order valence-corrected chi connectivity index (χ4v) is 0.880. The summed E-state index contributed by atoms with van der Waals surface area (Å²) in [5, 5.41) is 0. The van der Waals surface area contributed by atoms with E-state index in [0.29, 0.717) is 5.70 Å². The quantitative estimate of drug-likeness (QED) is 0.640. The maximum Gasteiger partial charge on any atom is 0.391 e. The number of nitrogens with zero attached hydrogens (tertiary/aromatic N) is 1. The van der Waals surface area contributed by atoms with Crippen LogP contribution in [0.1, 0.15) is 13.3 Å². The second-order valence-corrected chi connectivity index (χ2v) is 3.41. The molecule has 0 aliphatic rings. The molecule has 0 aliphatic carbocycles. The number of alkyl halides is 3. The van der Waals surface area contributed by atoms with E-state index in [4.69, 9.17) is 0 Å². The number of allylic oxidation sites excluding steroid dienone is 2. The smallest absolute Gasteiger partial charge is 0.378 e. The van der Waals surface area contributed by atoms with Gasteiger partial charge in [-0.3, -0.25) is 0 Å². The van der Waals surface area contributed by atoms with Gasteiger partial charge in [0.2, 0.25) is 0 Å². The molecule has 0 aromatic rings. The largest absolute Gasteiger partial charge is 0.391 e. The maximum absolute atomic E-state index is 12.1. The Bertz CT molecular complexity index is 216. The number of likely N-dealkylation sites (N-methyl/N-ethyl adjacent to an activating group) is 1. The maximum atomic E-state index is 12.1. The van der Waals surface area contributed by atoms with Crippen LogP contribution in [0.5, 0.6) is 0 Å². The fourth-order valence-electron chi connectivity index (χ4n) is 0.880. The zero-order valence-electron chi connectivity index (χ0n) is 8.73. The first-order valence-corrected chi connectivity index (χ1v) is 4.35. The molecule has 0 N–H and O–H groups in total. The molecular weight excluding hydrogens is 191 g/mol. The van der Waals surface area contributed by atoms with Gasteiger partial charge in [0.05, 0.1) is 5.92 Å². The van der Waals surface area contributed by atoms with Gasteiger partial charge < -0.3 is 4.90 Å². The average Bonchev–Trinajstić information content (AvgIpc) is 2.02. The minimum atomic E-state index is -4.12. The van der Waals surface area contributed by atoms with Crippen LogP contribution in [0.4, 0.5) is 13.2 Å². The van der Waals surface area contributed by atoms with Crippen LogP contribution < -0.4 is 0 Å². The highest BCUT2D eigenvalue weighted by molar-refractivity contribution is 5.13. The summed E-state index contributed by atoms with van der Waals surface area (Å²) in [6.45, 7) is 4.70. The van der Waals surface area contributed by atoms with Crippen LogP contribution in [0.3, 0.4) is 0 Å². The molecule has 0 spiro atoms. The second kappa shape index (κ2) is 5.08. The summed E-state index contributed by atoms with van der Waals surface area (Å²) in [6, 6.07) is 0. The molecule has 0 rings (SSSR count). The molecule has 1 nitrogen and oxygen atoms in total. The Morgan fingerprint density at radius 3 is 2.21 bits per heavy atom. The standard InChI is InChI=1S/C10H16F3N/c1-5-9(14(3)4)7-6-8(2)10(11,12)13/h5,7-8H,1,6H2,2-4H3/b9-7+. The second-order valence-electron chi connectivity index (χ2n) is 3.41. The summed E-state index contributed by atoms with van der Waals surface area (Å²) in [5.74, 6) is -1.31. The van der Waals surface area contributed by atoms with Crippen LogP contribution in [0.15, 0.2) is 24.4 Å². The van der Waals surface area contributed by atoms with Gasteiger partial charge >= 0.3 is 6.18 Å². The Hall–Kier alpha value is -0.930. The Kier molecular flexibility index (Phi) is 4.74. The van der Waals surface area contributed by atoms with Gasteiger partial charge in [-0.05, 0) is 12.5 Å². The van der Waals surface area contributed by atoms with Gasteiger partial charge in [-0.15, -0.1) is 0 Å². The van der Waals surface area contributed by atoms with Gasteiger partial charge in [0.25, 0.3) is 0 Å². The van der Waals surface area contributed by atoms with Crippen molar-refractivity contribution in [3.05, 3.63) is 24.4 Å². The molecule has 1 atom stereocenters.